The van der Waals surface area contributed by atoms with E-state index in [2.05, 4.69) is 146 Å². The number of hydrogen-bond acceptors (Lipinski definition) is 4. The van der Waals surface area contributed by atoms with E-state index in [-0.39, 0.29) is 5.41 Å². The van der Waals surface area contributed by atoms with Crippen LogP contribution in [0.4, 0.5) is 0 Å². The molecule has 286 valence electrons. The summed E-state index contributed by atoms with van der Waals surface area (Å²) in [5, 5.41) is 9.36. The van der Waals surface area contributed by atoms with Crippen LogP contribution in [0, 0.1) is 0 Å². The first kappa shape index (κ1) is 34.0. The molecule has 0 bridgehead atoms. The van der Waals surface area contributed by atoms with Gasteiger partial charge in [0.15, 0.2) is 17.5 Å². The van der Waals surface area contributed by atoms with Crippen molar-refractivity contribution in [2.24, 2.45) is 0 Å². The smallest absolute Gasteiger partial charge is 0.164 e. The van der Waals surface area contributed by atoms with E-state index in [1.54, 1.807) is 0 Å². The third-order valence-electron chi connectivity index (χ3n) is 13.0. The van der Waals surface area contributed by atoms with Crippen LogP contribution in [0.2, 0.25) is 0 Å². The highest BCUT2D eigenvalue weighted by Gasteiger charge is 2.37. The minimum atomic E-state index is -0.169. The molecule has 0 aliphatic heterocycles. The minimum Gasteiger partial charge on any atom is -0.456 e. The van der Waals surface area contributed by atoms with Gasteiger partial charge in [0.05, 0.1) is 16.7 Å². The van der Waals surface area contributed by atoms with Gasteiger partial charge in [-0.3, -0.25) is 0 Å². The summed E-state index contributed by atoms with van der Waals surface area (Å²) in [5.74, 6) is 1.82. The summed E-state index contributed by atoms with van der Waals surface area (Å²) in [5.41, 5.74) is 13.1. The lowest BCUT2D eigenvalue weighted by Gasteiger charge is -2.22. The normalized spacial score (nSPS) is 13.2. The Kier molecular flexibility index (Phi) is 7.00. The van der Waals surface area contributed by atoms with Crippen LogP contribution in [0.25, 0.3) is 116 Å². The van der Waals surface area contributed by atoms with Crippen molar-refractivity contribution in [3.05, 3.63) is 193 Å². The molecular formula is C56H36N4O. The van der Waals surface area contributed by atoms with Crippen molar-refractivity contribution in [3.8, 4) is 51.0 Å². The van der Waals surface area contributed by atoms with Gasteiger partial charge < -0.3 is 8.98 Å². The highest BCUT2D eigenvalue weighted by atomic mass is 16.3. The van der Waals surface area contributed by atoms with Crippen molar-refractivity contribution in [1.82, 2.24) is 19.5 Å². The largest absolute Gasteiger partial charge is 0.456 e. The molecule has 3 heterocycles. The molecule has 0 saturated heterocycles. The van der Waals surface area contributed by atoms with Gasteiger partial charge in [-0.2, -0.15) is 0 Å². The highest BCUT2D eigenvalue weighted by molar-refractivity contribution is 6.14. The van der Waals surface area contributed by atoms with Gasteiger partial charge in [0.1, 0.15) is 11.2 Å². The Morgan fingerprint density at radius 2 is 1.02 bits per heavy atom. The van der Waals surface area contributed by atoms with Crippen molar-refractivity contribution in [2.75, 3.05) is 0 Å². The first-order chi connectivity index (χ1) is 30.0. The highest BCUT2D eigenvalue weighted by Crippen LogP contribution is 2.52. The summed E-state index contributed by atoms with van der Waals surface area (Å²) >= 11 is 0. The number of benzene rings is 9. The first-order valence-corrected chi connectivity index (χ1v) is 20.8. The van der Waals surface area contributed by atoms with E-state index >= 15 is 0 Å². The molecule has 5 nitrogen and oxygen atoms in total. The quantitative estimate of drug-likeness (QED) is 0.178. The van der Waals surface area contributed by atoms with Gasteiger partial charge in [-0.15, -0.1) is 0 Å². The van der Waals surface area contributed by atoms with Crippen molar-refractivity contribution in [3.63, 3.8) is 0 Å². The molecule has 61 heavy (non-hydrogen) atoms. The van der Waals surface area contributed by atoms with Gasteiger partial charge in [-0.25, -0.2) is 15.0 Å². The molecule has 9 aromatic carbocycles. The third kappa shape index (κ3) is 4.98. The fourth-order valence-electron chi connectivity index (χ4n) is 10.0. The van der Waals surface area contributed by atoms with E-state index in [0.29, 0.717) is 17.5 Å². The van der Waals surface area contributed by atoms with Crippen LogP contribution in [-0.2, 0) is 5.41 Å². The number of furan rings is 1. The molecule has 0 saturated carbocycles. The van der Waals surface area contributed by atoms with Crippen molar-refractivity contribution in [2.45, 2.75) is 19.3 Å². The van der Waals surface area contributed by atoms with Gasteiger partial charge in [-0.1, -0.05) is 135 Å². The zero-order chi connectivity index (χ0) is 40.4. The van der Waals surface area contributed by atoms with Gasteiger partial charge in [0.25, 0.3) is 0 Å². The summed E-state index contributed by atoms with van der Waals surface area (Å²) in [4.78, 5) is 15.5. The molecule has 0 atom stereocenters. The SMILES string of the molecule is CC1(C)c2cc3ccccc3cc2-c2cc3c4ccccc4n(-c4ccc(-c5nc(-c6ccccc6)nc(-c6ccc7c(c6)oc6ccccc67)n5)c5ccccc45)c3cc21. The molecule has 0 unspecified atom stereocenters. The number of hydrogen-bond donors (Lipinski definition) is 0. The zero-order valence-electron chi connectivity index (χ0n) is 33.5. The van der Waals surface area contributed by atoms with Crippen LogP contribution in [-0.4, -0.2) is 19.5 Å². The molecule has 5 heteroatoms. The monoisotopic (exact) mass is 780 g/mol. The molecule has 0 fully saturated rings. The van der Waals surface area contributed by atoms with Gasteiger partial charge in [0, 0.05) is 49.0 Å². The number of rotatable bonds is 4. The maximum Gasteiger partial charge on any atom is 0.164 e. The Morgan fingerprint density at radius 1 is 0.393 bits per heavy atom. The molecule has 3 aromatic heterocycles. The Bertz CT molecular complexity index is 3800. The molecule has 0 N–H and O–H groups in total. The Morgan fingerprint density at radius 3 is 1.85 bits per heavy atom. The fourth-order valence-corrected chi connectivity index (χ4v) is 10.0. The van der Waals surface area contributed by atoms with Crippen LogP contribution in [0.5, 0.6) is 0 Å². The molecular weight excluding hydrogens is 745 g/mol. The average molecular weight is 781 g/mol. The first-order valence-electron chi connectivity index (χ1n) is 20.8. The molecule has 0 radical (unpaired) electrons. The Hall–Kier alpha value is -7.89. The van der Waals surface area contributed by atoms with Crippen LogP contribution in [0.15, 0.2) is 186 Å². The van der Waals surface area contributed by atoms with Crippen LogP contribution in [0.3, 0.4) is 0 Å². The standard InChI is InChI=1S/C56H36N4O/c1-56(2)46-29-35-17-7-6-16-34(35)28-43(46)44-31-45-39-20-10-12-22-48(39)60(50(45)32-47(44)56)49-27-26-42(37-18-8-9-19-38(37)49)55-58-53(33-14-4-3-5-15-33)57-54(59-55)36-24-25-41-40-21-11-13-23-51(40)61-52(41)30-36/h3-32H,1-2H3. The minimum absolute atomic E-state index is 0.169. The second kappa shape index (κ2) is 12.6. The number of fused-ring (bicyclic) bond motifs is 11. The van der Waals surface area contributed by atoms with Crippen molar-refractivity contribution in [1.29, 1.82) is 0 Å². The van der Waals surface area contributed by atoms with Gasteiger partial charge in [-0.05, 0) is 99.1 Å². The molecule has 1 aliphatic carbocycles. The predicted molar refractivity (Wildman–Crippen MR) is 250 cm³/mol. The van der Waals surface area contributed by atoms with E-state index in [0.717, 1.165) is 55.1 Å². The van der Waals surface area contributed by atoms with Crippen molar-refractivity contribution >= 4 is 65.3 Å². The Balaban J connectivity index is 1.02. The lowest BCUT2D eigenvalue weighted by Crippen LogP contribution is -2.15. The average Bonchev–Trinajstić information content (AvgIpc) is 3.92. The maximum absolute atomic E-state index is 6.31. The van der Waals surface area contributed by atoms with Crippen molar-refractivity contribution < 1.29 is 4.42 Å². The van der Waals surface area contributed by atoms with E-state index in [1.807, 2.05) is 54.6 Å². The summed E-state index contributed by atoms with van der Waals surface area (Å²) in [7, 11) is 0. The Labute approximate surface area is 351 Å². The van der Waals surface area contributed by atoms with Gasteiger partial charge >= 0.3 is 0 Å². The lowest BCUT2D eigenvalue weighted by atomic mass is 9.81. The summed E-state index contributed by atoms with van der Waals surface area (Å²) in [6, 6.07) is 64.8. The number of para-hydroxylation sites is 2. The second-order valence-electron chi connectivity index (χ2n) is 16.8. The van der Waals surface area contributed by atoms with Gasteiger partial charge in [0.2, 0.25) is 0 Å². The number of aromatic nitrogens is 4. The molecule has 13 rings (SSSR count). The third-order valence-corrected chi connectivity index (χ3v) is 13.0. The van der Waals surface area contributed by atoms with E-state index in [1.165, 1.54) is 54.8 Å². The van der Waals surface area contributed by atoms with E-state index in [4.69, 9.17) is 19.4 Å². The summed E-state index contributed by atoms with van der Waals surface area (Å²) in [6.45, 7) is 4.74. The second-order valence-corrected chi connectivity index (χ2v) is 16.8. The molecule has 0 spiro atoms. The topological polar surface area (TPSA) is 56.7 Å². The molecule has 1 aliphatic rings. The molecule has 0 amide bonds. The lowest BCUT2D eigenvalue weighted by molar-refractivity contribution is 0.662. The fraction of sp³-hybridized carbons (Fsp3) is 0.0536. The number of nitrogens with zero attached hydrogens (tertiary/aromatic N) is 4. The van der Waals surface area contributed by atoms with E-state index < -0.39 is 0 Å². The zero-order valence-corrected chi connectivity index (χ0v) is 33.5. The predicted octanol–water partition coefficient (Wildman–Crippen LogP) is 14.5. The summed E-state index contributed by atoms with van der Waals surface area (Å²) in [6.07, 6.45) is 0. The van der Waals surface area contributed by atoms with Crippen LogP contribution < -0.4 is 0 Å². The molecule has 12 aromatic rings. The van der Waals surface area contributed by atoms with E-state index in [9.17, 15) is 0 Å². The van der Waals surface area contributed by atoms with Crippen LogP contribution >= 0.6 is 0 Å². The summed E-state index contributed by atoms with van der Waals surface area (Å²) < 4.78 is 8.77. The van der Waals surface area contributed by atoms with Crippen LogP contribution in [0.1, 0.15) is 25.0 Å². The maximum atomic E-state index is 6.31.